The van der Waals surface area contributed by atoms with Gasteiger partial charge in [-0.15, -0.1) is 10.2 Å². The van der Waals surface area contributed by atoms with Gasteiger partial charge in [-0.05, 0) is 30.2 Å². The normalized spacial score (nSPS) is 11.9. The summed E-state index contributed by atoms with van der Waals surface area (Å²) in [6, 6.07) is 3.77. The molecule has 0 unspecified atom stereocenters. The lowest BCUT2D eigenvalue weighted by Gasteiger charge is -2.11. The third-order valence-electron chi connectivity index (χ3n) is 3.14. The van der Waals surface area contributed by atoms with Crippen molar-refractivity contribution in [2.24, 2.45) is 12.8 Å². The van der Waals surface area contributed by atoms with Crippen LogP contribution in [-0.4, -0.2) is 14.8 Å². The third-order valence-corrected chi connectivity index (χ3v) is 4.21. The molecule has 0 aliphatic carbocycles. The Hall–Kier alpha value is -1.54. The summed E-state index contributed by atoms with van der Waals surface area (Å²) in [4.78, 5) is 0. The number of hydrogen-bond donors (Lipinski definition) is 1. The van der Waals surface area contributed by atoms with Crippen molar-refractivity contribution in [1.29, 1.82) is 0 Å². The Bertz CT molecular complexity index is 637. The number of nitrogens with two attached hydrogens (primary N) is 1. The maximum atomic E-state index is 12.7. The van der Waals surface area contributed by atoms with Crippen molar-refractivity contribution < 1.29 is 13.2 Å². The van der Waals surface area contributed by atoms with Crippen molar-refractivity contribution in [1.82, 2.24) is 14.8 Å². The monoisotopic (exact) mass is 316 g/mol. The van der Waals surface area contributed by atoms with E-state index in [-0.39, 0.29) is 6.54 Å². The molecule has 0 fully saturated rings. The van der Waals surface area contributed by atoms with Crippen molar-refractivity contribution in [3.63, 3.8) is 0 Å². The molecule has 1 aromatic carbocycles. The van der Waals surface area contributed by atoms with Gasteiger partial charge in [-0.1, -0.05) is 17.8 Å². The first-order valence-electron chi connectivity index (χ1n) is 6.20. The first-order valence-corrected chi connectivity index (χ1v) is 7.19. The van der Waals surface area contributed by atoms with Crippen LogP contribution in [0, 0.1) is 6.92 Å². The van der Waals surface area contributed by atoms with Gasteiger partial charge in [-0.2, -0.15) is 13.2 Å². The van der Waals surface area contributed by atoms with Crippen molar-refractivity contribution in [2.75, 3.05) is 0 Å². The van der Waals surface area contributed by atoms with Gasteiger partial charge in [-0.25, -0.2) is 0 Å². The molecule has 2 aromatic rings. The maximum Gasteiger partial charge on any atom is 0.416 e. The fourth-order valence-corrected chi connectivity index (χ4v) is 2.79. The van der Waals surface area contributed by atoms with E-state index in [1.807, 2.05) is 0 Å². The zero-order valence-corrected chi connectivity index (χ0v) is 12.4. The average Bonchev–Trinajstić information content (AvgIpc) is 2.77. The van der Waals surface area contributed by atoms with E-state index in [1.54, 1.807) is 18.5 Å². The highest BCUT2D eigenvalue weighted by atomic mass is 32.2. The first-order chi connectivity index (χ1) is 9.82. The van der Waals surface area contributed by atoms with Gasteiger partial charge in [0.2, 0.25) is 0 Å². The number of thioether (sulfide) groups is 1. The van der Waals surface area contributed by atoms with E-state index in [1.165, 1.54) is 23.9 Å². The Balaban J connectivity index is 2.17. The molecule has 0 bridgehead atoms. The maximum absolute atomic E-state index is 12.7. The summed E-state index contributed by atoms with van der Waals surface area (Å²) in [6.45, 7) is 2.06. The molecule has 21 heavy (non-hydrogen) atoms. The van der Waals surface area contributed by atoms with Gasteiger partial charge >= 0.3 is 6.18 Å². The summed E-state index contributed by atoms with van der Waals surface area (Å²) in [7, 11) is 1.78. The van der Waals surface area contributed by atoms with Gasteiger partial charge in [0.15, 0.2) is 5.16 Å². The lowest BCUT2D eigenvalue weighted by Crippen LogP contribution is -2.06. The van der Waals surface area contributed by atoms with Crippen molar-refractivity contribution in [3.05, 3.63) is 40.7 Å². The van der Waals surface area contributed by atoms with Crippen LogP contribution in [0.15, 0.2) is 23.4 Å². The molecule has 0 aliphatic rings. The number of alkyl halides is 3. The zero-order chi connectivity index (χ0) is 15.6. The van der Waals surface area contributed by atoms with E-state index in [4.69, 9.17) is 5.73 Å². The Morgan fingerprint density at radius 2 is 2.00 bits per heavy atom. The molecule has 114 valence electrons. The van der Waals surface area contributed by atoms with Crippen molar-refractivity contribution in [3.8, 4) is 0 Å². The van der Waals surface area contributed by atoms with Crippen LogP contribution in [0.1, 0.15) is 22.5 Å². The molecule has 0 saturated heterocycles. The Kier molecular flexibility index (Phi) is 4.58. The minimum absolute atomic E-state index is 0.270. The second-order valence-electron chi connectivity index (χ2n) is 4.59. The Morgan fingerprint density at radius 1 is 1.29 bits per heavy atom. The fraction of sp³-hybridized carbons (Fsp3) is 0.385. The van der Waals surface area contributed by atoms with Gasteiger partial charge in [-0.3, -0.25) is 0 Å². The molecule has 0 radical (unpaired) electrons. The smallest absolute Gasteiger partial charge is 0.324 e. The molecule has 2 N–H and O–H groups in total. The van der Waals surface area contributed by atoms with Crippen molar-refractivity contribution >= 4 is 11.8 Å². The molecule has 8 heteroatoms. The highest BCUT2D eigenvalue weighted by Gasteiger charge is 2.30. The highest BCUT2D eigenvalue weighted by Crippen LogP contribution is 2.32. The molecule has 1 heterocycles. The van der Waals surface area contributed by atoms with E-state index in [2.05, 4.69) is 10.2 Å². The minimum Gasteiger partial charge on any atom is -0.324 e. The second kappa shape index (κ2) is 6.07. The Labute approximate surface area is 124 Å². The predicted octanol–water partition coefficient (Wildman–Crippen LogP) is 2.89. The van der Waals surface area contributed by atoms with E-state index >= 15 is 0 Å². The summed E-state index contributed by atoms with van der Waals surface area (Å²) in [6.07, 6.45) is -4.33. The third kappa shape index (κ3) is 3.56. The SMILES string of the molecule is Cc1ccc(C(F)(F)F)cc1CSc1nnc(CN)n1C. The van der Waals surface area contributed by atoms with E-state index in [0.717, 1.165) is 11.6 Å². The Morgan fingerprint density at radius 3 is 2.57 bits per heavy atom. The number of benzene rings is 1. The van der Waals surface area contributed by atoms with Gasteiger partial charge in [0.1, 0.15) is 5.82 Å². The highest BCUT2D eigenvalue weighted by molar-refractivity contribution is 7.98. The number of hydrogen-bond acceptors (Lipinski definition) is 4. The average molecular weight is 316 g/mol. The molecule has 0 amide bonds. The quantitative estimate of drug-likeness (QED) is 0.881. The van der Waals surface area contributed by atoms with Gasteiger partial charge < -0.3 is 10.3 Å². The number of nitrogens with zero attached hydrogens (tertiary/aromatic N) is 3. The molecule has 1 aromatic heterocycles. The first kappa shape index (κ1) is 15.8. The topological polar surface area (TPSA) is 56.7 Å². The van der Waals surface area contributed by atoms with Crippen LogP contribution < -0.4 is 5.73 Å². The number of aryl methyl sites for hydroxylation is 1. The largest absolute Gasteiger partial charge is 0.416 e. The molecule has 2 rings (SSSR count). The number of aromatic nitrogens is 3. The van der Waals surface area contributed by atoms with Crippen LogP contribution in [0.25, 0.3) is 0 Å². The van der Waals surface area contributed by atoms with Crippen LogP contribution in [0.3, 0.4) is 0 Å². The predicted molar refractivity (Wildman–Crippen MR) is 74.6 cm³/mol. The number of halogens is 3. The van der Waals surface area contributed by atoms with Crippen molar-refractivity contribution in [2.45, 2.75) is 30.6 Å². The van der Waals surface area contributed by atoms with Crippen LogP contribution in [-0.2, 0) is 25.5 Å². The summed E-state index contributed by atoms with van der Waals surface area (Å²) < 4.78 is 39.9. The zero-order valence-electron chi connectivity index (χ0n) is 11.6. The van der Waals surface area contributed by atoms with E-state index in [9.17, 15) is 13.2 Å². The van der Waals surface area contributed by atoms with E-state index < -0.39 is 11.7 Å². The molecular formula is C13H15F3N4S. The lowest BCUT2D eigenvalue weighted by atomic mass is 10.1. The second-order valence-corrected chi connectivity index (χ2v) is 5.53. The summed E-state index contributed by atoms with van der Waals surface area (Å²) in [5.41, 5.74) is 6.32. The molecule has 4 nitrogen and oxygen atoms in total. The minimum atomic E-state index is -4.33. The van der Waals surface area contributed by atoms with Gasteiger partial charge in [0.05, 0.1) is 12.1 Å². The van der Waals surface area contributed by atoms with Crippen LogP contribution in [0.4, 0.5) is 13.2 Å². The summed E-state index contributed by atoms with van der Waals surface area (Å²) in [5.74, 6) is 1.03. The van der Waals surface area contributed by atoms with Gasteiger partial charge in [0, 0.05) is 12.8 Å². The molecular weight excluding hydrogens is 301 g/mol. The fourth-order valence-electron chi connectivity index (χ4n) is 1.79. The van der Waals surface area contributed by atoms with Crippen LogP contribution >= 0.6 is 11.8 Å². The molecule has 0 spiro atoms. The molecule has 0 saturated carbocycles. The van der Waals surface area contributed by atoms with Gasteiger partial charge in [0.25, 0.3) is 0 Å². The molecule has 0 aliphatic heterocycles. The summed E-state index contributed by atoms with van der Waals surface area (Å²) in [5, 5.41) is 8.52. The van der Waals surface area contributed by atoms with Crippen LogP contribution in [0.2, 0.25) is 0 Å². The standard InChI is InChI=1S/C13H15F3N4S/c1-8-3-4-10(13(14,15)16)5-9(8)7-21-12-19-18-11(6-17)20(12)2/h3-5H,6-7,17H2,1-2H3. The molecule has 0 atom stereocenters. The van der Waals surface area contributed by atoms with E-state index in [0.29, 0.717) is 22.3 Å². The number of rotatable bonds is 4. The lowest BCUT2D eigenvalue weighted by molar-refractivity contribution is -0.137. The van der Waals surface area contributed by atoms with Crippen LogP contribution in [0.5, 0.6) is 0 Å². The summed E-state index contributed by atoms with van der Waals surface area (Å²) >= 11 is 1.34.